The van der Waals surface area contributed by atoms with E-state index in [9.17, 15) is 10.0 Å². The summed E-state index contributed by atoms with van der Waals surface area (Å²) >= 11 is 1.02. The number of hydrogen-bond donors (Lipinski definition) is 1. The van der Waals surface area contributed by atoms with Crippen molar-refractivity contribution >= 4 is 47.3 Å². The fourth-order valence-electron chi connectivity index (χ4n) is 7.22. The van der Waals surface area contributed by atoms with Crippen molar-refractivity contribution in [3.8, 4) is 0 Å². The van der Waals surface area contributed by atoms with Crippen LogP contribution < -0.4 is 15.3 Å². The van der Waals surface area contributed by atoms with Gasteiger partial charge in [0, 0.05) is 42.7 Å². The van der Waals surface area contributed by atoms with Crippen LogP contribution in [-0.4, -0.2) is 86.6 Å². The van der Waals surface area contributed by atoms with Crippen LogP contribution in [0.5, 0.6) is 0 Å². The van der Waals surface area contributed by atoms with Gasteiger partial charge in [0.2, 0.25) is 0 Å². The molecule has 0 spiro atoms. The number of nitrogens with zero attached hydrogens (tertiary/aromatic N) is 4. The van der Waals surface area contributed by atoms with E-state index in [4.69, 9.17) is 13.9 Å². The van der Waals surface area contributed by atoms with Crippen molar-refractivity contribution < 1.29 is 32.7 Å². The second-order valence-electron chi connectivity index (χ2n) is 14.1. The van der Waals surface area contributed by atoms with Crippen molar-refractivity contribution in [2.24, 2.45) is 5.16 Å². The first kappa shape index (κ1) is 36.8. The standard InChI is InChI=1S/C38H44F2N4O5SSi/c1-25-21-44(22-26(2)49-25)35-27(23-48-51(38(3,4)5,28-12-8-6-9-13-28)29-14-10-7-11-15-29)20-30(32(39)33(35)40)34(42-46)36-41-31(24-50-36)37(45)43-16-18-47-19-17-43/h6-15,20,24-26,46H,16-19,21-23H2,1-5H3/b42-34-/t25-,26+. The lowest BCUT2D eigenvalue weighted by Crippen LogP contribution is -2.66. The molecule has 2 fully saturated rings. The zero-order chi connectivity index (χ0) is 36.3. The van der Waals surface area contributed by atoms with Gasteiger partial charge in [-0.3, -0.25) is 4.79 Å². The first-order valence-corrected chi connectivity index (χ1v) is 19.9. The van der Waals surface area contributed by atoms with Crippen LogP contribution in [0.2, 0.25) is 5.04 Å². The zero-order valence-electron chi connectivity index (χ0n) is 29.6. The summed E-state index contributed by atoms with van der Waals surface area (Å²) in [5, 5.41) is 17.0. The SMILES string of the molecule is C[C@@H]1CN(c2c(CO[Si](c3ccccc3)(c3ccccc3)C(C)(C)C)cc(/C(=N/O)c3nc(C(=O)N4CCOCC4)cs3)c(F)c2F)C[C@H](C)O1. The number of thiazole rings is 1. The minimum Gasteiger partial charge on any atom is -0.410 e. The number of amides is 1. The average Bonchev–Trinajstić information content (AvgIpc) is 3.61. The lowest BCUT2D eigenvalue weighted by atomic mass is 10.0. The van der Waals surface area contributed by atoms with Crippen molar-refractivity contribution in [1.29, 1.82) is 0 Å². The third kappa shape index (κ3) is 7.36. The van der Waals surface area contributed by atoms with Crippen LogP contribution in [0.15, 0.2) is 77.3 Å². The Bertz CT molecular complexity index is 1820. The van der Waals surface area contributed by atoms with Gasteiger partial charge in [-0.15, -0.1) is 11.3 Å². The third-order valence-electron chi connectivity index (χ3n) is 9.44. The van der Waals surface area contributed by atoms with Gasteiger partial charge < -0.3 is 28.9 Å². The Labute approximate surface area is 302 Å². The maximum absolute atomic E-state index is 16.7. The van der Waals surface area contributed by atoms with Crippen LogP contribution in [0.4, 0.5) is 14.5 Å². The van der Waals surface area contributed by atoms with Gasteiger partial charge in [-0.05, 0) is 35.3 Å². The predicted octanol–water partition coefficient (Wildman–Crippen LogP) is 5.81. The maximum atomic E-state index is 16.7. The van der Waals surface area contributed by atoms with Crippen molar-refractivity contribution in [1.82, 2.24) is 9.88 Å². The van der Waals surface area contributed by atoms with Gasteiger partial charge in [0.1, 0.15) is 16.4 Å². The van der Waals surface area contributed by atoms with Gasteiger partial charge in [-0.25, -0.2) is 13.8 Å². The summed E-state index contributed by atoms with van der Waals surface area (Å²) in [6.07, 6.45) is -0.456. The molecule has 0 bridgehead atoms. The molecule has 1 amide bonds. The highest BCUT2D eigenvalue weighted by Gasteiger charge is 2.50. The molecular formula is C38H44F2N4O5SSi. The van der Waals surface area contributed by atoms with E-state index in [2.05, 4.69) is 55.2 Å². The van der Waals surface area contributed by atoms with Gasteiger partial charge >= 0.3 is 0 Å². The Morgan fingerprint density at radius 2 is 1.59 bits per heavy atom. The van der Waals surface area contributed by atoms with E-state index in [1.807, 2.05) is 55.1 Å². The lowest BCUT2D eigenvalue weighted by Gasteiger charge is -2.43. The molecule has 51 heavy (non-hydrogen) atoms. The van der Waals surface area contributed by atoms with Gasteiger partial charge in [-0.2, -0.15) is 0 Å². The average molecular weight is 735 g/mol. The van der Waals surface area contributed by atoms with Crippen LogP contribution in [0.3, 0.4) is 0 Å². The van der Waals surface area contributed by atoms with Gasteiger partial charge in [0.15, 0.2) is 11.6 Å². The molecule has 2 aliphatic heterocycles. The van der Waals surface area contributed by atoms with Crippen LogP contribution in [0.1, 0.15) is 61.2 Å². The Morgan fingerprint density at radius 1 is 1.00 bits per heavy atom. The van der Waals surface area contributed by atoms with Gasteiger partial charge in [0.25, 0.3) is 14.2 Å². The summed E-state index contributed by atoms with van der Waals surface area (Å²) in [5.41, 5.74) is 0.0339. The summed E-state index contributed by atoms with van der Waals surface area (Å²) in [5.74, 6) is -2.58. The van der Waals surface area contributed by atoms with Crippen LogP contribution >= 0.6 is 11.3 Å². The molecule has 9 nitrogen and oxygen atoms in total. The Kier molecular flexibility index (Phi) is 11.0. The number of ether oxygens (including phenoxy) is 2. The topological polar surface area (TPSA) is 96.7 Å². The summed E-state index contributed by atoms with van der Waals surface area (Å²) in [6, 6.07) is 21.7. The summed E-state index contributed by atoms with van der Waals surface area (Å²) < 4.78 is 51.6. The fourth-order valence-corrected chi connectivity index (χ4v) is 12.5. The molecular weight excluding hydrogens is 691 g/mol. The molecule has 3 heterocycles. The van der Waals surface area contributed by atoms with Crippen LogP contribution in [0, 0.1) is 11.6 Å². The minimum absolute atomic E-state index is 0.0652. The van der Waals surface area contributed by atoms with E-state index in [0.717, 1.165) is 21.7 Å². The molecule has 0 saturated carbocycles. The molecule has 1 aromatic heterocycles. The van der Waals surface area contributed by atoms with Crippen molar-refractivity contribution in [2.45, 2.75) is 58.5 Å². The number of carbonyl (C=O) groups is 1. The first-order chi connectivity index (χ1) is 24.4. The van der Waals surface area contributed by atoms with Crippen LogP contribution in [0.25, 0.3) is 0 Å². The number of benzene rings is 3. The highest BCUT2D eigenvalue weighted by molar-refractivity contribution is 7.12. The maximum Gasteiger partial charge on any atom is 0.273 e. The molecule has 0 radical (unpaired) electrons. The second kappa shape index (κ2) is 15.3. The molecule has 0 unspecified atom stereocenters. The van der Waals surface area contributed by atoms with Gasteiger partial charge in [0.05, 0.1) is 37.7 Å². The summed E-state index contributed by atoms with van der Waals surface area (Å²) in [7, 11) is -3.11. The van der Waals surface area contributed by atoms with Crippen molar-refractivity contribution in [3.63, 3.8) is 0 Å². The second-order valence-corrected chi connectivity index (χ2v) is 19.2. The molecule has 2 saturated heterocycles. The smallest absolute Gasteiger partial charge is 0.273 e. The monoisotopic (exact) mass is 734 g/mol. The number of carbonyl (C=O) groups excluding carboxylic acids is 1. The van der Waals surface area contributed by atoms with E-state index in [1.165, 1.54) is 11.4 Å². The van der Waals surface area contributed by atoms with E-state index in [-0.39, 0.29) is 57.4 Å². The van der Waals surface area contributed by atoms with E-state index < -0.39 is 20.0 Å². The molecule has 2 atom stereocenters. The molecule has 3 aromatic carbocycles. The Morgan fingerprint density at radius 3 is 2.14 bits per heavy atom. The highest BCUT2D eigenvalue weighted by atomic mass is 32.1. The molecule has 1 N–H and O–H groups in total. The molecule has 13 heteroatoms. The van der Waals surface area contributed by atoms with E-state index in [0.29, 0.717) is 45.0 Å². The van der Waals surface area contributed by atoms with Crippen LogP contribution in [-0.2, 0) is 20.5 Å². The molecule has 270 valence electrons. The zero-order valence-corrected chi connectivity index (χ0v) is 31.4. The lowest BCUT2D eigenvalue weighted by molar-refractivity contribution is -0.00553. The summed E-state index contributed by atoms with van der Waals surface area (Å²) in [4.78, 5) is 21.0. The number of anilines is 1. The predicted molar refractivity (Wildman–Crippen MR) is 197 cm³/mol. The highest BCUT2D eigenvalue weighted by Crippen LogP contribution is 2.39. The Balaban J connectivity index is 1.46. The Hall–Kier alpha value is -4.01. The molecule has 2 aliphatic rings. The number of morpholine rings is 2. The van der Waals surface area contributed by atoms with Gasteiger partial charge in [-0.1, -0.05) is 86.6 Å². The fraction of sp³-hybridized carbons (Fsp3) is 0.395. The number of oxime groups is 1. The minimum atomic E-state index is -3.11. The van der Waals surface area contributed by atoms with Crippen molar-refractivity contribution in [3.05, 3.63) is 106 Å². The summed E-state index contributed by atoms with van der Waals surface area (Å²) in [6.45, 7) is 12.5. The van der Waals surface area contributed by atoms with E-state index >= 15 is 8.78 Å². The first-order valence-electron chi connectivity index (χ1n) is 17.2. The number of hydrogen-bond acceptors (Lipinski definition) is 9. The molecule has 0 aliphatic carbocycles. The quantitative estimate of drug-likeness (QED) is 0.100. The largest absolute Gasteiger partial charge is 0.410 e. The third-order valence-corrected chi connectivity index (χ3v) is 15.3. The normalized spacial score (nSPS) is 19.0. The number of rotatable bonds is 9. The number of halogens is 2. The molecule has 4 aromatic rings. The van der Waals surface area contributed by atoms with E-state index in [1.54, 1.807) is 4.90 Å². The molecule has 6 rings (SSSR count). The van der Waals surface area contributed by atoms with Crippen molar-refractivity contribution in [2.75, 3.05) is 44.3 Å². The number of aromatic nitrogens is 1.